The zero-order chi connectivity index (χ0) is 22.4. The summed E-state index contributed by atoms with van der Waals surface area (Å²) < 4.78 is 13.7. The largest absolute Gasteiger partial charge is 0.325 e. The number of benzene rings is 3. The van der Waals surface area contributed by atoms with Crippen LogP contribution in [0.5, 0.6) is 0 Å². The Morgan fingerprint density at radius 3 is 2.03 bits per heavy atom. The highest BCUT2D eigenvalue weighted by Crippen LogP contribution is 2.26. The van der Waals surface area contributed by atoms with E-state index < -0.39 is 11.7 Å². The van der Waals surface area contributed by atoms with Crippen LogP contribution in [0.15, 0.2) is 77.7 Å². The number of ketones is 1. The van der Waals surface area contributed by atoms with E-state index in [1.165, 1.54) is 36.9 Å². The van der Waals surface area contributed by atoms with E-state index in [1.54, 1.807) is 61.5 Å². The van der Waals surface area contributed by atoms with Crippen molar-refractivity contribution >= 4 is 40.7 Å². The summed E-state index contributed by atoms with van der Waals surface area (Å²) in [6.45, 7) is 3.28. The molecule has 3 rings (SSSR count). The van der Waals surface area contributed by atoms with Gasteiger partial charge in [0.25, 0.3) is 5.91 Å². The highest BCUT2D eigenvalue weighted by molar-refractivity contribution is 8.00. The third-order valence-corrected chi connectivity index (χ3v) is 5.58. The maximum absolute atomic E-state index is 13.7. The second kappa shape index (κ2) is 10.0. The Kier molecular flexibility index (Phi) is 7.20. The molecule has 5 nitrogen and oxygen atoms in total. The number of hydrogen-bond donors (Lipinski definition) is 2. The average Bonchev–Trinajstić information content (AvgIpc) is 2.75. The third-order valence-electron chi connectivity index (χ3n) is 4.47. The predicted octanol–water partition coefficient (Wildman–Crippen LogP) is 5.40. The molecule has 1 unspecified atom stereocenters. The lowest BCUT2D eigenvalue weighted by Gasteiger charge is -2.13. The molecule has 0 saturated heterocycles. The molecule has 2 N–H and O–H groups in total. The monoisotopic (exact) mass is 436 g/mol. The molecule has 7 heteroatoms. The number of nitrogens with one attached hydrogen (secondary N) is 2. The molecular formula is C24H21FN2O3S. The van der Waals surface area contributed by atoms with Gasteiger partial charge < -0.3 is 10.6 Å². The van der Waals surface area contributed by atoms with Crippen LogP contribution in [-0.4, -0.2) is 22.8 Å². The molecule has 0 spiro atoms. The highest BCUT2D eigenvalue weighted by atomic mass is 32.2. The summed E-state index contributed by atoms with van der Waals surface area (Å²) in [7, 11) is 0. The molecule has 3 aromatic carbocycles. The number of amides is 2. The molecular weight excluding hydrogens is 415 g/mol. The molecule has 0 bridgehead atoms. The van der Waals surface area contributed by atoms with Crippen LogP contribution in [0, 0.1) is 5.82 Å². The number of carbonyl (C=O) groups is 3. The normalized spacial score (nSPS) is 11.5. The van der Waals surface area contributed by atoms with Crippen molar-refractivity contribution in [3.8, 4) is 0 Å². The molecule has 0 saturated carbocycles. The standard InChI is InChI=1S/C24H21FN2O3S/c1-15(28)17-7-9-18(10-8-17)26-23(29)16(2)31-20-13-11-19(12-14-20)27-24(30)21-5-3-4-6-22(21)25/h3-14,16H,1-2H3,(H,26,29)(H,27,30). The van der Waals surface area contributed by atoms with Crippen LogP contribution >= 0.6 is 11.8 Å². The van der Waals surface area contributed by atoms with Crippen molar-refractivity contribution in [2.75, 3.05) is 10.6 Å². The van der Waals surface area contributed by atoms with Crippen molar-refractivity contribution in [2.24, 2.45) is 0 Å². The molecule has 0 aliphatic carbocycles. The molecule has 0 aliphatic heterocycles. The number of thioether (sulfide) groups is 1. The molecule has 158 valence electrons. The summed E-state index contributed by atoms with van der Waals surface area (Å²) in [5.74, 6) is -1.31. The Bertz CT molecular complexity index is 1100. The van der Waals surface area contributed by atoms with Crippen LogP contribution in [-0.2, 0) is 4.79 Å². The minimum Gasteiger partial charge on any atom is -0.325 e. The van der Waals surface area contributed by atoms with Crippen LogP contribution in [0.3, 0.4) is 0 Å². The van der Waals surface area contributed by atoms with E-state index in [1.807, 2.05) is 0 Å². The summed E-state index contributed by atoms with van der Waals surface area (Å²) in [4.78, 5) is 36.8. The lowest BCUT2D eigenvalue weighted by atomic mass is 10.1. The first-order valence-corrected chi connectivity index (χ1v) is 10.5. The van der Waals surface area contributed by atoms with E-state index in [2.05, 4.69) is 10.6 Å². The van der Waals surface area contributed by atoms with E-state index in [0.29, 0.717) is 16.9 Å². The number of Topliss-reactive ketones (excluding diaryl/α,β-unsaturated/α-hetero) is 1. The van der Waals surface area contributed by atoms with E-state index in [-0.39, 0.29) is 22.5 Å². The number of carbonyl (C=O) groups excluding carboxylic acids is 3. The number of hydrogen-bond acceptors (Lipinski definition) is 4. The fourth-order valence-corrected chi connectivity index (χ4v) is 3.62. The minimum atomic E-state index is -0.581. The van der Waals surface area contributed by atoms with Crippen molar-refractivity contribution in [3.63, 3.8) is 0 Å². The van der Waals surface area contributed by atoms with Gasteiger partial charge in [-0.05, 0) is 74.5 Å². The molecule has 31 heavy (non-hydrogen) atoms. The molecule has 2 amide bonds. The minimum absolute atomic E-state index is 0.0254. The van der Waals surface area contributed by atoms with Crippen LogP contribution < -0.4 is 10.6 Å². The van der Waals surface area contributed by atoms with E-state index in [4.69, 9.17) is 0 Å². The van der Waals surface area contributed by atoms with Crippen molar-refractivity contribution in [1.29, 1.82) is 0 Å². The lowest BCUT2D eigenvalue weighted by molar-refractivity contribution is -0.115. The second-order valence-electron chi connectivity index (χ2n) is 6.84. The van der Waals surface area contributed by atoms with Crippen molar-refractivity contribution in [2.45, 2.75) is 24.0 Å². The van der Waals surface area contributed by atoms with Crippen molar-refractivity contribution in [1.82, 2.24) is 0 Å². The fourth-order valence-electron chi connectivity index (χ4n) is 2.75. The Labute approximate surface area is 184 Å². The molecule has 0 fully saturated rings. The van der Waals surface area contributed by atoms with Gasteiger partial charge >= 0.3 is 0 Å². The molecule has 3 aromatic rings. The van der Waals surface area contributed by atoms with Gasteiger partial charge in [-0.2, -0.15) is 0 Å². The van der Waals surface area contributed by atoms with Gasteiger partial charge in [-0.15, -0.1) is 11.8 Å². The van der Waals surface area contributed by atoms with Gasteiger partial charge in [0.15, 0.2) is 5.78 Å². The number of halogens is 1. The molecule has 0 heterocycles. The summed E-state index contributed by atoms with van der Waals surface area (Å²) >= 11 is 1.37. The zero-order valence-corrected chi connectivity index (χ0v) is 17.8. The van der Waals surface area contributed by atoms with Gasteiger partial charge in [0.2, 0.25) is 5.91 Å². The highest BCUT2D eigenvalue weighted by Gasteiger charge is 2.15. The van der Waals surface area contributed by atoms with Crippen molar-refractivity contribution in [3.05, 3.63) is 89.7 Å². The Morgan fingerprint density at radius 2 is 1.42 bits per heavy atom. The Morgan fingerprint density at radius 1 is 0.839 bits per heavy atom. The molecule has 1 atom stereocenters. The summed E-state index contributed by atoms with van der Waals surface area (Å²) in [5.41, 5.74) is 1.71. The van der Waals surface area contributed by atoms with Gasteiger partial charge in [-0.3, -0.25) is 14.4 Å². The SMILES string of the molecule is CC(=O)c1ccc(NC(=O)C(C)Sc2ccc(NC(=O)c3ccccc3F)cc2)cc1. The average molecular weight is 437 g/mol. The lowest BCUT2D eigenvalue weighted by Crippen LogP contribution is -2.22. The number of anilines is 2. The summed E-state index contributed by atoms with van der Waals surface area (Å²) in [6.07, 6.45) is 0. The molecule has 0 aromatic heterocycles. The third kappa shape index (κ3) is 6.02. The van der Waals surface area contributed by atoms with Crippen molar-refractivity contribution < 1.29 is 18.8 Å². The Balaban J connectivity index is 1.56. The van der Waals surface area contributed by atoms with Gasteiger partial charge in [0.05, 0.1) is 10.8 Å². The fraction of sp³-hybridized carbons (Fsp3) is 0.125. The van der Waals surface area contributed by atoms with E-state index in [9.17, 15) is 18.8 Å². The van der Waals surface area contributed by atoms with E-state index in [0.717, 1.165) is 4.90 Å². The van der Waals surface area contributed by atoms with Crippen LogP contribution in [0.2, 0.25) is 0 Å². The van der Waals surface area contributed by atoms with Gasteiger partial charge in [-0.25, -0.2) is 4.39 Å². The molecule has 0 aliphatic rings. The smallest absolute Gasteiger partial charge is 0.258 e. The van der Waals surface area contributed by atoms with Crippen LogP contribution in [0.4, 0.5) is 15.8 Å². The zero-order valence-electron chi connectivity index (χ0n) is 17.0. The van der Waals surface area contributed by atoms with Crippen LogP contribution in [0.25, 0.3) is 0 Å². The summed E-state index contributed by atoms with van der Waals surface area (Å²) in [5, 5.41) is 5.11. The quantitative estimate of drug-likeness (QED) is 0.384. The topological polar surface area (TPSA) is 75.3 Å². The van der Waals surface area contributed by atoms with Gasteiger partial charge in [-0.1, -0.05) is 12.1 Å². The first-order chi connectivity index (χ1) is 14.8. The Hall–Kier alpha value is -3.45. The number of rotatable bonds is 7. The first-order valence-electron chi connectivity index (χ1n) is 9.58. The second-order valence-corrected chi connectivity index (χ2v) is 8.26. The summed E-state index contributed by atoms with van der Waals surface area (Å²) in [6, 6.07) is 19.5. The van der Waals surface area contributed by atoms with Gasteiger partial charge in [0.1, 0.15) is 5.82 Å². The van der Waals surface area contributed by atoms with E-state index >= 15 is 0 Å². The predicted molar refractivity (Wildman–Crippen MR) is 121 cm³/mol. The maximum Gasteiger partial charge on any atom is 0.258 e. The molecule has 0 radical (unpaired) electrons. The first kappa shape index (κ1) is 22.2. The maximum atomic E-state index is 13.7. The van der Waals surface area contributed by atoms with Crippen LogP contribution in [0.1, 0.15) is 34.6 Å². The van der Waals surface area contributed by atoms with Gasteiger partial charge in [0, 0.05) is 21.8 Å².